The number of carbonyl (C=O) groups excluding carboxylic acids is 1. The Labute approximate surface area is 130 Å². The molecule has 1 aliphatic heterocycles. The van der Waals surface area contributed by atoms with E-state index in [1.54, 1.807) is 0 Å². The van der Waals surface area contributed by atoms with Crippen LogP contribution in [0.25, 0.3) is 0 Å². The van der Waals surface area contributed by atoms with Crippen LogP contribution in [0.4, 0.5) is 5.82 Å². The number of nitrogens with zero attached hydrogens (tertiary/aromatic N) is 2. The molecular weight excluding hydrogens is 284 g/mol. The van der Waals surface area contributed by atoms with Crippen LogP contribution in [0.3, 0.4) is 0 Å². The lowest BCUT2D eigenvalue weighted by Gasteiger charge is -2.28. The highest BCUT2D eigenvalue weighted by molar-refractivity contribution is 5.78. The van der Waals surface area contributed by atoms with E-state index in [0.717, 1.165) is 25.7 Å². The smallest absolute Gasteiger partial charge is 0.239 e. The van der Waals surface area contributed by atoms with Crippen molar-refractivity contribution in [1.29, 1.82) is 0 Å². The van der Waals surface area contributed by atoms with Gasteiger partial charge in [0.25, 0.3) is 0 Å². The molecule has 0 saturated carbocycles. The fraction of sp³-hybridized carbons (Fsp3) is 0.667. The number of rotatable bonds is 6. The number of anilines is 1. The number of methoxy groups -OCH3 is 1. The number of amides is 1. The van der Waals surface area contributed by atoms with Gasteiger partial charge < -0.3 is 20.5 Å². The summed E-state index contributed by atoms with van der Waals surface area (Å²) in [6.07, 6.45) is 5.26. The van der Waals surface area contributed by atoms with E-state index in [4.69, 9.17) is 15.2 Å². The molecule has 0 bridgehead atoms. The predicted octanol–water partition coefficient (Wildman–Crippen LogP) is 1.28. The molecule has 1 aliphatic rings. The van der Waals surface area contributed by atoms with Crippen molar-refractivity contribution in [2.24, 2.45) is 5.92 Å². The highest BCUT2D eigenvalue weighted by Crippen LogP contribution is 2.23. The molecule has 0 aromatic carbocycles. The first-order chi connectivity index (χ1) is 10.6. The van der Waals surface area contributed by atoms with Crippen LogP contribution in [0.1, 0.15) is 38.3 Å². The summed E-state index contributed by atoms with van der Waals surface area (Å²) >= 11 is 0. The first kappa shape index (κ1) is 16.5. The first-order valence-electron chi connectivity index (χ1n) is 7.68. The molecule has 1 amide bonds. The average molecular weight is 308 g/mol. The zero-order valence-corrected chi connectivity index (χ0v) is 13.2. The zero-order valence-electron chi connectivity index (χ0n) is 13.2. The molecule has 1 fully saturated rings. The summed E-state index contributed by atoms with van der Waals surface area (Å²) in [7, 11) is 1.50. The maximum Gasteiger partial charge on any atom is 0.239 e. The zero-order chi connectivity index (χ0) is 15.9. The molecule has 2 rings (SSSR count). The van der Waals surface area contributed by atoms with E-state index in [1.165, 1.54) is 13.3 Å². The number of aromatic nitrogens is 2. The normalized spacial score (nSPS) is 21.4. The van der Waals surface area contributed by atoms with Crippen molar-refractivity contribution in [3.8, 4) is 5.88 Å². The van der Waals surface area contributed by atoms with Crippen LogP contribution >= 0.6 is 0 Å². The van der Waals surface area contributed by atoms with E-state index in [0.29, 0.717) is 24.0 Å². The van der Waals surface area contributed by atoms with Crippen molar-refractivity contribution in [2.45, 2.75) is 45.3 Å². The van der Waals surface area contributed by atoms with Crippen molar-refractivity contribution in [1.82, 2.24) is 15.3 Å². The average Bonchev–Trinajstić information content (AvgIpc) is 2.54. The van der Waals surface area contributed by atoms with E-state index >= 15 is 0 Å². The predicted molar refractivity (Wildman–Crippen MR) is 82.2 cm³/mol. The summed E-state index contributed by atoms with van der Waals surface area (Å²) in [5.41, 5.74) is 6.14. The minimum atomic E-state index is -0.00182. The van der Waals surface area contributed by atoms with Crippen molar-refractivity contribution >= 4 is 11.7 Å². The Balaban J connectivity index is 1.89. The lowest BCUT2D eigenvalue weighted by molar-refractivity contribution is -0.130. The second-order valence-corrected chi connectivity index (χ2v) is 5.47. The maximum atomic E-state index is 12.3. The molecule has 1 aromatic heterocycles. The van der Waals surface area contributed by atoms with Gasteiger partial charge in [-0.1, -0.05) is 13.3 Å². The third-order valence-corrected chi connectivity index (χ3v) is 3.80. The Kier molecular flexibility index (Phi) is 5.94. The van der Waals surface area contributed by atoms with Gasteiger partial charge in [0.05, 0.1) is 26.0 Å². The molecule has 22 heavy (non-hydrogen) atoms. The fourth-order valence-electron chi connectivity index (χ4n) is 2.65. The van der Waals surface area contributed by atoms with E-state index in [1.807, 2.05) is 0 Å². The molecular formula is C15H24N4O3. The van der Waals surface area contributed by atoms with Crippen LogP contribution in [0.2, 0.25) is 0 Å². The Morgan fingerprint density at radius 1 is 1.59 bits per heavy atom. The number of hydrogen-bond donors (Lipinski definition) is 2. The standard InChI is InChI=1S/C15H24N4O3/c1-3-4-11-7-10(5-6-22-11)14(20)18-8-12-15(21-2)19-13(16)9-17-12/h9-11H,3-8H2,1-2H3,(H2,16,19)(H,18,20). The molecule has 122 valence electrons. The molecule has 2 atom stereocenters. The summed E-state index contributed by atoms with van der Waals surface area (Å²) in [4.78, 5) is 20.5. The fourth-order valence-corrected chi connectivity index (χ4v) is 2.65. The molecule has 0 radical (unpaired) electrons. The molecule has 7 heteroatoms. The topological polar surface area (TPSA) is 99.4 Å². The van der Waals surface area contributed by atoms with Crippen LogP contribution in [-0.4, -0.2) is 35.7 Å². The van der Waals surface area contributed by atoms with Crippen molar-refractivity contribution < 1.29 is 14.3 Å². The van der Waals surface area contributed by atoms with Crippen LogP contribution in [0.15, 0.2) is 6.20 Å². The Morgan fingerprint density at radius 2 is 2.41 bits per heavy atom. The summed E-state index contributed by atoms with van der Waals surface area (Å²) in [6.45, 7) is 3.05. The minimum absolute atomic E-state index is 0.00182. The highest BCUT2D eigenvalue weighted by Gasteiger charge is 2.27. The van der Waals surface area contributed by atoms with Crippen molar-refractivity contribution in [3.63, 3.8) is 0 Å². The summed E-state index contributed by atoms with van der Waals surface area (Å²) in [5.74, 6) is 0.665. The van der Waals surface area contributed by atoms with Crippen LogP contribution < -0.4 is 15.8 Å². The van der Waals surface area contributed by atoms with Gasteiger partial charge in [-0.25, -0.2) is 4.98 Å². The number of ether oxygens (including phenoxy) is 2. The molecule has 2 unspecified atom stereocenters. The largest absolute Gasteiger partial charge is 0.480 e. The molecule has 1 saturated heterocycles. The summed E-state index contributed by atoms with van der Waals surface area (Å²) < 4.78 is 10.8. The van der Waals surface area contributed by atoms with Gasteiger partial charge >= 0.3 is 0 Å². The van der Waals surface area contributed by atoms with Crippen LogP contribution in [-0.2, 0) is 16.1 Å². The van der Waals surface area contributed by atoms with Crippen LogP contribution in [0, 0.1) is 5.92 Å². The second-order valence-electron chi connectivity index (χ2n) is 5.47. The molecule has 3 N–H and O–H groups in total. The van der Waals surface area contributed by atoms with Gasteiger partial charge in [0.1, 0.15) is 11.5 Å². The Hall–Kier alpha value is -1.89. The Morgan fingerprint density at radius 3 is 3.14 bits per heavy atom. The SMILES string of the molecule is CCCC1CC(C(=O)NCc2ncc(N)nc2OC)CCO1. The number of nitrogens with two attached hydrogens (primary N) is 1. The molecule has 7 nitrogen and oxygen atoms in total. The maximum absolute atomic E-state index is 12.3. The summed E-state index contributed by atoms with van der Waals surface area (Å²) in [5, 5.41) is 2.91. The monoisotopic (exact) mass is 308 g/mol. The number of nitrogens with one attached hydrogen (secondary N) is 1. The molecule has 2 heterocycles. The van der Waals surface area contributed by atoms with Crippen molar-refractivity contribution in [3.05, 3.63) is 11.9 Å². The quantitative estimate of drug-likeness (QED) is 0.821. The first-order valence-corrected chi connectivity index (χ1v) is 7.68. The Bertz CT molecular complexity index is 508. The molecule has 0 aliphatic carbocycles. The van der Waals surface area contributed by atoms with Gasteiger partial charge in [-0.15, -0.1) is 0 Å². The van der Waals surface area contributed by atoms with Gasteiger partial charge in [-0.3, -0.25) is 4.79 Å². The van der Waals surface area contributed by atoms with Crippen molar-refractivity contribution in [2.75, 3.05) is 19.5 Å². The van der Waals surface area contributed by atoms with Gasteiger partial charge in [-0.2, -0.15) is 4.98 Å². The highest BCUT2D eigenvalue weighted by atomic mass is 16.5. The lowest BCUT2D eigenvalue weighted by Crippen LogP contribution is -2.37. The minimum Gasteiger partial charge on any atom is -0.480 e. The van der Waals surface area contributed by atoms with E-state index in [-0.39, 0.29) is 24.5 Å². The summed E-state index contributed by atoms with van der Waals surface area (Å²) in [6, 6.07) is 0. The van der Waals surface area contributed by atoms with Gasteiger partial charge in [0.2, 0.25) is 11.8 Å². The van der Waals surface area contributed by atoms with Gasteiger partial charge in [0.15, 0.2) is 0 Å². The lowest BCUT2D eigenvalue weighted by atomic mass is 9.93. The second kappa shape index (κ2) is 7.93. The third kappa shape index (κ3) is 4.30. The van der Waals surface area contributed by atoms with Crippen LogP contribution in [0.5, 0.6) is 5.88 Å². The molecule has 0 spiro atoms. The number of carbonyl (C=O) groups is 1. The van der Waals surface area contributed by atoms with E-state index in [2.05, 4.69) is 22.2 Å². The van der Waals surface area contributed by atoms with Gasteiger partial charge in [0, 0.05) is 12.5 Å². The third-order valence-electron chi connectivity index (χ3n) is 3.80. The number of hydrogen-bond acceptors (Lipinski definition) is 6. The molecule has 1 aromatic rings. The van der Waals surface area contributed by atoms with Gasteiger partial charge in [-0.05, 0) is 19.3 Å². The van der Waals surface area contributed by atoms with E-state index < -0.39 is 0 Å². The van der Waals surface area contributed by atoms with E-state index in [9.17, 15) is 4.79 Å². The number of nitrogen functional groups attached to an aromatic ring is 1.